The predicted molar refractivity (Wildman–Crippen MR) is 142 cm³/mol. The van der Waals surface area contributed by atoms with Crippen LogP contribution in [0, 0.1) is 5.92 Å². The van der Waals surface area contributed by atoms with E-state index in [-0.39, 0.29) is 12.7 Å². The van der Waals surface area contributed by atoms with Gasteiger partial charge in [0.15, 0.2) is 5.65 Å². The fraction of sp³-hybridized carbons (Fsp3) is 0.357. The van der Waals surface area contributed by atoms with Crippen LogP contribution >= 0.6 is 0 Å². The highest BCUT2D eigenvalue weighted by Crippen LogP contribution is 2.35. The molecule has 0 amide bonds. The zero-order valence-corrected chi connectivity index (χ0v) is 20.3. The van der Waals surface area contributed by atoms with Gasteiger partial charge in [-0.2, -0.15) is 0 Å². The summed E-state index contributed by atoms with van der Waals surface area (Å²) in [6.07, 6.45) is 7.67. The van der Waals surface area contributed by atoms with Crippen molar-refractivity contribution < 1.29 is 14.9 Å². The van der Waals surface area contributed by atoms with Gasteiger partial charge in [0.05, 0.1) is 11.5 Å². The van der Waals surface area contributed by atoms with Crippen molar-refractivity contribution in [3.8, 4) is 22.6 Å². The van der Waals surface area contributed by atoms with Crippen LogP contribution in [0.3, 0.4) is 0 Å². The zero-order valence-electron chi connectivity index (χ0n) is 20.3. The van der Waals surface area contributed by atoms with Gasteiger partial charge in [0, 0.05) is 31.5 Å². The van der Waals surface area contributed by atoms with E-state index in [0.717, 1.165) is 65.9 Å². The van der Waals surface area contributed by atoms with Gasteiger partial charge in [0.25, 0.3) is 0 Å². The lowest BCUT2D eigenvalue weighted by Crippen LogP contribution is -2.40. The summed E-state index contributed by atoms with van der Waals surface area (Å²) in [7, 11) is 0. The molecule has 1 aliphatic carbocycles. The van der Waals surface area contributed by atoms with Crippen LogP contribution in [-0.4, -0.2) is 50.7 Å². The number of nitrogens with two attached hydrogens (primary N) is 1. The number of aliphatic hydroxyl groups excluding tert-OH is 2. The Morgan fingerprint density at radius 1 is 0.972 bits per heavy atom. The third-order valence-electron chi connectivity index (χ3n) is 6.90. The number of hydrogen-bond donors (Lipinski definition) is 3. The van der Waals surface area contributed by atoms with Crippen LogP contribution in [-0.2, 0) is 0 Å². The van der Waals surface area contributed by atoms with E-state index in [1.807, 2.05) is 54.6 Å². The first-order valence-electron chi connectivity index (χ1n) is 12.6. The van der Waals surface area contributed by atoms with E-state index in [2.05, 4.69) is 25.8 Å². The molecule has 0 aliphatic heterocycles. The molecule has 0 spiro atoms. The van der Waals surface area contributed by atoms with Gasteiger partial charge in [-0.3, -0.25) is 0 Å². The average molecular weight is 488 g/mol. The molecule has 2 aromatic carbocycles. The third-order valence-corrected chi connectivity index (χ3v) is 6.90. The number of aliphatic hydroxyl groups is 2. The molecule has 1 fully saturated rings. The summed E-state index contributed by atoms with van der Waals surface area (Å²) < 4.78 is 8.02. The molecule has 2 aromatic heterocycles. The monoisotopic (exact) mass is 487 g/mol. The molecule has 0 saturated heterocycles. The van der Waals surface area contributed by atoms with Crippen molar-refractivity contribution in [2.75, 3.05) is 30.4 Å². The van der Waals surface area contributed by atoms with E-state index in [4.69, 9.17) is 10.5 Å². The van der Waals surface area contributed by atoms with Crippen molar-refractivity contribution in [2.24, 2.45) is 5.92 Å². The molecule has 2 heterocycles. The number of hydrogen-bond acceptors (Lipinski definition) is 7. The third kappa shape index (κ3) is 5.29. The minimum Gasteiger partial charge on any atom is -0.457 e. The van der Waals surface area contributed by atoms with E-state index < -0.39 is 0 Å². The second kappa shape index (κ2) is 11.0. The minimum atomic E-state index is -0.187. The predicted octanol–water partition coefficient (Wildman–Crippen LogP) is 4.34. The van der Waals surface area contributed by atoms with Gasteiger partial charge in [-0.05, 0) is 67.9 Å². The Labute approximate surface area is 211 Å². The number of nitrogen functional groups attached to an aromatic ring is 1. The molecule has 0 unspecified atom stereocenters. The minimum absolute atomic E-state index is 0.117. The Morgan fingerprint density at radius 2 is 1.69 bits per heavy atom. The van der Waals surface area contributed by atoms with Gasteiger partial charge in [0.2, 0.25) is 0 Å². The summed E-state index contributed by atoms with van der Waals surface area (Å²) in [5.74, 6) is 2.44. The summed E-state index contributed by atoms with van der Waals surface area (Å²) in [5, 5.41) is 22.5. The van der Waals surface area contributed by atoms with Crippen LogP contribution in [0.15, 0.2) is 67.1 Å². The number of nitrogens with zero attached hydrogens (tertiary/aromatic N) is 4. The Kier molecular flexibility index (Phi) is 7.34. The molecule has 8 heteroatoms. The van der Waals surface area contributed by atoms with Crippen LogP contribution in [0.1, 0.15) is 32.1 Å². The molecule has 36 heavy (non-hydrogen) atoms. The lowest BCUT2D eigenvalue weighted by Gasteiger charge is -2.33. The van der Waals surface area contributed by atoms with Crippen molar-refractivity contribution in [2.45, 2.75) is 38.2 Å². The van der Waals surface area contributed by atoms with E-state index in [1.165, 1.54) is 6.33 Å². The van der Waals surface area contributed by atoms with Gasteiger partial charge in [-0.15, -0.1) is 0 Å². The van der Waals surface area contributed by atoms with E-state index >= 15 is 0 Å². The first kappa shape index (κ1) is 24.1. The maximum absolute atomic E-state index is 9.93. The van der Waals surface area contributed by atoms with Crippen LogP contribution < -0.4 is 15.5 Å². The molecule has 1 aliphatic rings. The maximum atomic E-state index is 9.93. The molecule has 0 atom stereocenters. The number of fused-ring (bicyclic) bond motifs is 1. The molecular weight excluding hydrogens is 454 g/mol. The molecule has 5 rings (SSSR count). The standard InChI is InChI=1S/C28H33N5O3/c29-27-26-25(21-9-13-24(14-10-21)36-23-5-2-1-3-6-23)18-33(28(26)31-19-30-27)32(15-4-16-34)17-20-7-11-22(35)12-8-20/h1-3,5-6,9-10,13-14,18-20,22,34-35H,4,7-8,11-12,15-17H2,(H2,29,30,31). The highest BCUT2D eigenvalue weighted by Gasteiger charge is 2.24. The molecule has 1 saturated carbocycles. The van der Waals surface area contributed by atoms with Gasteiger partial charge in [0.1, 0.15) is 23.6 Å². The summed E-state index contributed by atoms with van der Waals surface area (Å²) in [6.45, 7) is 1.63. The lowest BCUT2D eigenvalue weighted by molar-refractivity contribution is 0.108. The molecule has 188 valence electrons. The molecule has 4 N–H and O–H groups in total. The van der Waals surface area contributed by atoms with Crippen LogP contribution in [0.25, 0.3) is 22.2 Å². The summed E-state index contributed by atoms with van der Waals surface area (Å²) in [4.78, 5) is 8.87. The smallest absolute Gasteiger partial charge is 0.164 e. The zero-order chi connectivity index (χ0) is 24.9. The largest absolute Gasteiger partial charge is 0.457 e. The van der Waals surface area contributed by atoms with Crippen molar-refractivity contribution >= 4 is 16.9 Å². The SMILES string of the molecule is Nc1ncnc2c1c(-c1ccc(Oc3ccccc3)cc1)cn2N(CCCO)CC1CCC(O)CC1. The van der Waals surface area contributed by atoms with Gasteiger partial charge in [-0.1, -0.05) is 30.3 Å². The van der Waals surface area contributed by atoms with E-state index in [9.17, 15) is 10.2 Å². The van der Waals surface area contributed by atoms with Crippen LogP contribution in [0.5, 0.6) is 11.5 Å². The number of para-hydroxylation sites is 1. The Hall–Kier alpha value is -3.62. The quantitative estimate of drug-likeness (QED) is 0.322. The number of aromatic nitrogens is 3. The molecule has 0 radical (unpaired) electrons. The fourth-order valence-corrected chi connectivity index (χ4v) is 5.00. The van der Waals surface area contributed by atoms with Gasteiger partial charge in [-0.25, -0.2) is 14.6 Å². The number of ether oxygens (including phenoxy) is 1. The Bertz CT molecular complexity index is 1270. The second-order valence-electron chi connectivity index (χ2n) is 9.45. The van der Waals surface area contributed by atoms with E-state index in [1.54, 1.807) is 0 Å². The molecular formula is C28H33N5O3. The first-order chi connectivity index (χ1) is 17.6. The highest BCUT2D eigenvalue weighted by atomic mass is 16.5. The van der Waals surface area contributed by atoms with Crippen LogP contribution in [0.4, 0.5) is 5.82 Å². The van der Waals surface area contributed by atoms with Crippen molar-refractivity contribution in [1.82, 2.24) is 14.6 Å². The summed E-state index contributed by atoms with van der Waals surface area (Å²) >= 11 is 0. The molecule has 8 nitrogen and oxygen atoms in total. The normalized spacial score (nSPS) is 17.8. The Morgan fingerprint density at radius 3 is 2.42 bits per heavy atom. The number of anilines is 1. The van der Waals surface area contributed by atoms with E-state index in [0.29, 0.717) is 24.7 Å². The summed E-state index contributed by atoms with van der Waals surface area (Å²) in [5.41, 5.74) is 9.05. The van der Waals surface area contributed by atoms with Crippen LogP contribution in [0.2, 0.25) is 0 Å². The topological polar surface area (TPSA) is 110 Å². The van der Waals surface area contributed by atoms with Crippen molar-refractivity contribution in [3.63, 3.8) is 0 Å². The fourth-order valence-electron chi connectivity index (χ4n) is 5.00. The average Bonchev–Trinajstić information content (AvgIpc) is 3.30. The maximum Gasteiger partial charge on any atom is 0.164 e. The van der Waals surface area contributed by atoms with Gasteiger partial charge >= 0.3 is 0 Å². The Balaban J connectivity index is 1.47. The van der Waals surface area contributed by atoms with Gasteiger partial charge < -0.3 is 25.7 Å². The van der Waals surface area contributed by atoms with Crippen molar-refractivity contribution in [1.29, 1.82) is 0 Å². The summed E-state index contributed by atoms with van der Waals surface area (Å²) in [6, 6.07) is 17.6. The second-order valence-corrected chi connectivity index (χ2v) is 9.45. The number of rotatable bonds is 9. The lowest BCUT2D eigenvalue weighted by atomic mass is 9.87. The number of benzene rings is 2. The van der Waals surface area contributed by atoms with Crippen molar-refractivity contribution in [3.05, 3.63) is 67.1 Å². The first-order valence-corrected chi connectivity index (χ1v) is 12.6. The molecule has 4 aromatic rings. The molecule has 0 bridgehead atoms. The highest BCUT2D eigenvalue weighted by molar-refractivity contribution is 6.00.